The summed E-state index contributed by atoms with van der Waals surface area (Å²) in [6.45, 7) is 7.99. The predicted molar refractivity (Wildman–Crippen MR) is 76.3 cm³/mol. The quantitative estimate of drug-likeness (QED) is 0.714. The van der Waals surface area contributed by atoms with Gasteiger partial charge in [-0.25, -0.2) is 0 Å². The molecule has 0 aromatic heterocycles. The van der Waals surface area contributed by atoms with Crippen LogP contribution < -0.4 is 5.32 Å². The fourth-order valence-corrected chi connectivity index (χ4v) is 2.14. The van der Waals surface area contributed by atoms with Crippen LogP contribution in [0.15, 0.2) is 30.3 Å². The van der Waals surface area contributed by atoms with Crippen LogP contribution in [-0.4, -0.2) is 12.6 Å². The van der Waals surface area contributed by atoms with Gasteiger partial charge in [-0.15, -0.1) is 0 Å². The molecule has 1 nitrogen and oxygen atoms in total. The first-order chi connectivity index (χ1) is 8.24. The van der Waals surface area contributed by atoms with Crippen molar-refractivity contribution in [1.29, 1.82) is 0 Å². The Hall–Kier alpha value is -0.820. The first-order valence-electron chi connectivity index (χ1n) is 7.01. The summed E-state index contributed by atoms with van der Waals surface area (Å²) in [7, 11) is 0. The predicted octanol–water partition coefficient (Wildman–Crippen LogP) is 4.03. The summed E-state index contributed by atoms with van der Waals surface area (Å²) in [5.74, 6) is 0.734. The van der Waals surface area contributed by atoms with E-state index in [0.717, 1.165) is 18.9 Å². The summed E-state index contributed by atoms with van der Waals surface area (Å²) >= 11 is 0. The maximum Gasteiger partial charge on any atom is 0.00901 e. The van der Waals surface area contributed by atoms with Crippen molar-refractivity contribution in [1.82, 2.24) is 5.32 Å². The number of unbranched alkanes of at least 4 members (excludes halogenated alkanes) is 1. The molecule has 1 aromatic rings. The number of nitrogens with one attached hydrogen (secondary N) is 1. The number of hydrogen-bond acceptors (Lipinski definition) is 1. The lowest BCUT2D eigenvalue weighted by Gasteiger charge is -2.22. The van der Waals surface area contributed by atoms with E-state index in [4.69, 9.17) is 0 Å². The van der Waals surface area contributed by atoms with Crippen LogP contribution in [0, 0.1) is 5.92 Å². The van der Waals surface area contributed by atoms with Gasteiger partial charge in [-0.05, 0) is 30.9 Å². The normalized spacial score (nSPS) is 12.9. The first-order valence-corrected chi connectivity index (χ1v) is 7.01. The second-order valence-electron chi connectivity index (χ2n) is 5.18. The second kappa shape index (κ2) is 8.30. The average molecular weight is 233 g/mol. The van der Waals surface area contributed by atoms with Crippen LogP contribution >= 0.6 is 0 Å². The summed E-state index contributed by atoms with van der Waals surface area (Å²) in [6, 6.07) is 11.4. The molecule has 0 saturated heterocycles. The van der Waals surface area contributed by atoms with Gasteiger partial charge >= 0.3 is 0 Å². The van der Waals surface area contributed by atoms with Crippen molar-refractivity contribution >= 4 is 0 Å². The van der Waals surface area contributed by atoms with E-state index in [1.165, 1.54) is 24.8 Å². The van der Waals surface area contributed by atoms with Gasteiger partial charge in [0.15, 0.2) is 0 Å². The number of benzene rings is 1. The molecule has 0 amide bonds. The Morgan fingerprint density at radius 2 is 1.82 bits per heavy atom. The third kappa shape index (κ3) is 5.88. The second-order valence-corrected chi connectivity index (χ2v) is 5.18. The molecule has 1 heteroatoms. The highest BCUT2D eigenvalue weighted by molar-refractivity contribution is 5.14. The van der Waals surface area contributed by atoms with Crippen molar-refractivity contribution < 1.29 is 0 Å². The topological polar surface area (TPSA) is 12.0 Å². The van der Waals surface area contributed by atoms with Crippen molar-refractivity contribution in [2.24, 2.45) is 5.92 Å². The SMILES string of the molecule is CCCCC(NCCc1ccccc1)C(C)C. The van der Waals surface area contributed by atoms with Crippen molar-refractivity contribution in [3.05, 3.63) is 35.9 Å². The van der Waals surface area contributed by atoms with Crippen LogP contribution in [0.2, 0.25) is 0 Å². The standard InChI is InChI=1S/C16H27N/c1-4-5-11-16(14(2)3)17-13-12-15-9-7-6-8-10-15/h6-10,14,16-17H,4-5,11-13H2,1-3H3. The summed E-state index contributed by atoms with van der Waals surface area (Å²) < 4.78 is 0. The Labute approximate surface area is 107 Å². The van der Waals surface area contributed by atoms with Gasteiger partial charge in [-0.1, -0.05) is 63.9 Å². The van der Waals surface area contributed by atoms with Gasteiger partial charge < -0.3 is 5.32 Å². The van der Waals surface area contributed by atoms with Gasteiger partial charge in [0.2, 0.25) is 0 Å². The van der Waals surface area contributed by atoms with Gasteiger partial charge in [0.25, 0.3) is 0 Å². The third-order valence-electron chi connectivity index (χ3n) is 3.34. The van der Waals surface area contributed by atoms with Crippen molar-refractivity contribution in [2.75, 3.05) is 6.54 Å². The van der Waals surface area contributed by atoms with Crippen LogP contribution in [0.1, 0.15) is 45.6 Å². The van der Waals surface area contributed by atoms with Crippen LogP contribution in [0.5, 0.6) is 0 Å². The molecule has 1 atom stereocenters. The van der Waals surface area contributed by atoms with Gasteiger partial charge in [0.05, 0.1) is 0 Å². The molecule has 0 bridgehead atoms. The van der Waals surface area contributed by atoms with Crippen LogP contribution in [0.4, 0.5) is 0 Å². The highest BCUT2D eigenvalue weighted by Crippen LogP contribution is 2.10. The minimum atomic E-state index is 0.679. The van der Waals surface area contributed by atoms with Gasteiger partial charge in [0, 0.05) is 6.04 Å². The average Bonchev–Trinajstić information content (AvgIpc) is 2.34. The monoisotopic (exact) mass is 233 g/mol. The van der Waals surface area contributed by atoms with Crippen molar-refractivity contribution in [3.63, 3.8) is 0 Å². The highest BCUT2D eigenvalue weighted by atomic mass is 14.9. The van der Waals surface area contributed by atoms with Crippen LogP contribution in [0.25, 0.3) is 0 Å². The van der Waals surface area contributed by atoms with Crippen molar-refractivity contribution in [2.45, 2.75) is 52.5 Å². The first kappa shape index (κ1) is 14.2. The lowest BCUT2D eigenvalue weighted by atomic mass is 9.98. The minimum Gasteiger partial charge on any atom is -0.313 e. The molecular formula is C16H27N. The molecule has 1 unspecified atom stereocenters. The lowest BCUT2D eigenvalue weighted by Crippen LogP contribution is -2.35. The summed E-state index contributed by atoms with van der Waals surface area (Å²) in [5, 5.41) is 3.70. The Balaban J connectivity index is 2.27. The molecule has 96 valence electrons. The third-order valence-corrected chi connectivity index (χ3v) is 3.34. The van der Waals surface area contributed by atoms with E-state index in [-0.39, 0.29) is 0 Å². The Bertz CT molecular complexity index is 279. The Morgan fingerprint density at radius 3 is 2.41 bits per heavy atom. The zero-order valence-corrected chi connectivity index (χ0v) is 11.6. The molecule has 17 heavy (non-hydrogen) atoms. The summed E-state index contributed by atoms with van der Waals surface area (Å²) in [6.07, 6.45) is 5.07. The van der Waals surface area contributed by atoms with Gasteiger partial charge in [-0.2, -0.15) is 0 Å². The Morgan fingerprint density at radius 1 is 1.12 bits per heavy atom. The molecule has 0 spiro atoms. The molecule has 0 fully saturated rings. The van der Waals surface area contributed by atoms with E-state index in [1.54, 1.807) is 0 Å². The fourth-order valence-electron chi connectivity index (χ4n) is 2.14. The smallest absolute Gasteiger partial charge is 0.00901 e. The zero-order chi connectivity index (χ0) is 12.5. The maximum absolute atomic E-state index is 3.70. The van der Waals surface area contributed by atoms with E-state index >= 15 is 0 Å². The largest absolute Gasteiger partial charge is 0.313 e. The van der Waals surface area contributed by atoms with E-state index in [2.05, 4.69) is 56.4 Å². The highest BCUT2D eigenvalue weighted by Gasteiger charge is 2.11. The zero-order valence-electron chi connectivity index (χ0n) is 11.6. The summed E-state index contributed by atoms with van der Waals surface area (Å²) in [5.41, 5.74) is 1.43. The van der Waals surface area contributed by atoms with Gasteiger partial charge in [0.1, 0.15) is 0 Å². The minimum absolute atomic E-state index is 0.679. The maximum atomic E-state index is 3.70. The summed E-state index contributed by atoms with van der Waals surface area (Å²) in [4.78, 5) is 0. The Kier molecular flexibility index (Phi) is 6.95. The van der Waals surface area contributed by atoms with Crippen LogP contribution in [-0.2, 0) is 6.42 Å². The number of hydrogen-bond donors (Lipinski definition) is 1. The fraction of sp³-hybridized carbons (Fsp3) is 0.625. The molecule has 0 aliphatic carbocycles. The molecule has 1 rings (SSSR count). The molecule has 1 aromatic carbocycles. The molecule has 0 aliphatic rings. The number of rotatable bonds is 8. The van der Waals surface area contributed by atoms with Gasteiger partial charge in [-0.3, -0.25) is 0 Å². The lowest BCUT2D eigenvalue weighted by molar-refractivity contribution is 0.370. The van der Waals surface area contributed by atoms with Crippen LogP contribution in [0.3, 0.4) is 0 Å². The molecular weight excluding hydrogens is 206 g/mol. The van der Waals surface area contributed by atoms with Crippen molar-refractivity contribution in [3.8, 4) is 0 Å². The van der Waals surface area contributed by atoms with E-state index < -0.39 is 0 Å². The molecule has 0 radical (unpaired) electrons. The van der Waals surface area contributed by atoms with E-state index in [9.17, 15) is 0 Å². The van der Waals surface area contributed by atoms with E-state index in [0.29, 0.717) is 6.04 Å². The molecule has 0 heterocycles. The molecule has 1 N–H and O–H groups in total. The van der Waals surface area contributed by atoms with E-state index in [1.807, 2.05) is 0 Å². The molecule has 0 aliphatic heterocycles. The molecule has 0 saturated carbocycles.